The van der Waals surface area contributed by atoms with E-state index in [4.69, 9.17) is 18.6 Å². The topological polar surface area (TPSA) is 66.6 Å². The number of ether oxygens (including phenoxy) is 3. The van der Waals surface area contributed by atoms with Crippen LogP contribution in [0.3, 0.4) is 0 Å². The molecule has 4 rings (SSSR count). The standard InChI is InChI=1S/C27H38N2O4S/c1-17-9-10-22-26(2,3)12-8-13-27(22,4)19(17)11-14-34-25-29-28-24(33-25)18-15-20(30-5)23(32-7)21(16-18)31-6/h15-16,19,22H,1,8-14H2,2-7H3/t19-,22-,27+/m0/s1. The monoisotopic (exact) mass is 486 g/mol. The van der Waals surface area contributed by atoms with Gasteiger partial charge in [-0.2, -0.15) is 0 Å². The first kappa shape index (κ1) is 25.0. The molecule has 0 bridgehead atoms. The van der Waals surface area contributed by atoms with E-state index in [0.717, 1.165) is 30.1 Å². The van der Waals surface area contributed by atoms with Crippen molar-refractivity contribution >= 4 is 11.8 Å². The molecule has 1 aromatic heterocycles. The first-order chi connectivity index (χ1) is 16.2. The number of methoxy groups -OCH3 is 3. The second kappa shape index (κ2) is 9.84. The van der Waals surface area contributed by atoms with Crippen molar-refractivity contribution < 1.29 is 18.6 Å². The van der Waals surface area contributed by atoms with Crippen molar-refractivity contribution in [1.29, 1.82) is 0 Å². The minimum Gasteiger partial charge on any atom is -0.493 e. The molecule has 0 spiro atoms. The molecule has 0 amide bonds. The highest BCUT2D eigenvalue weighted by Crippen LogP contribution is 2.61. The molecular weight excluding hydrogens is 448 g/mol. The Morgan fingerprint density at radius 1 is 1.06 bits per heavy atom. The summed E-state index contributed by atoms with van der Waals surface area (Å²) in [5, 5.41) is 9.12. The fourth-order valence-corrected chi connectivity index (χ4v) is 7.43. The SMILES string of the molecule is C=C1CC[C@H]2C(C)(C)CCC[C@]2(C)[C@H]1CCSc1nnc(-c2cc(OC)c(OC)c(OC)c2)o1. The van der Waals surface area contributed by atoms with Crippen LogP contribution in [0.15, 0.2) is 33.9 Å². The second-order valence-corrected chi connectivity index (χ2v) is 11.6. The van der Waals surface area contributed by atoms with Crippen LogP contribution in [0.2, 0.25) is 0 Å². The zero-order valence-electron chi connectivity index (χ0n) is 21.4. The normalized spacial score (nSPS) is 26.1. The van der Waals surface area contributed by atoms with Gasteiger partial charge in [0.1, 0.15) is 0 Å². The van der Waals surface area contributed by atoms with Crippen LogP contribution in [0.4, 0.5) is 0 Å². The Kier molecular flexibility index (Phi) is 7.22. The Labute approximate surface area is 207 Å². The van der Waals surface area contributed by atoms with Gasteiger partial charge >= 0.3 is 0 Å². The number of thioether (sulfide) groups is 1. The molecule has 7 heteroatoms. The van der Waals surface area contributed by atoms with Crippen molar-refractivity contribution in [2.24, 2.45) is 22.7 Å². The molecule has 186 valence electrons. The predicted molar refractivity (Wildman–Crippen MR) is 136 cm³/mol. The summed E-state index contributed by atoms with van der Waals surface area (Å²) in [6.07, 6.45) is 7.50. The summed E-state index contributed by atoms with van der Waals surface area (Å²) >= 11 is 1.63. The largest absolute Gasteiger partial charge is 0.493 e. The lowest BCUT2D eigenvalue weighted by Crippen LogP contribution is -2.49. The number of allylic oxidation sites excluding steroid dienone is 1. The molecule has 2 aliphatic carbocycles. The number of hydrogen-bond acceptors (Lipinski definition) is 7. The van der Waals surface area contributed by atoms with E-state index in [1.807, 2.05) is 12.1 Å². The van der Waals surface area contributed by atoms with Gasteiger partial charge in [0.25, 0.3) is 5.22 Å². The third-order valence-electron chi connectivity index (χ3n) is 8.27. The highest BCUT2D eigenvalue weighted by molar-refractivity contribution is 7.99. The molecule has 0 radical (unpaired) electrons. The summed E-state index contributed by atoms with van der Waals surface area (Å²) in [5.41, 5.74) is 2.92. The Morgan fingerprint density at radius 2 is 1.76 bits per heavy atom. The molecule has 34 heavy (non-hydrogen) atoms. The highest BCUT2D eigenvalue weighted by atomic mass is 32.2. The Hall–Kier alpha value is -2.15. The lowest BCUT2D eigenvalue weighted by atomic mass is 9.47. The third kappa shape index (κ3) is 4.56. The summed E-state index contributed by atoms with van der Waals surface area (Å²) in [7, 11) is 4.76. The number of aromatic nitrogens is 2. The van der Waals surface area contributed by atoms with Gasteiger partial charge in [-0.1, -0.05) is 51.1 Å². The van der Waals surface area contributed by atoms with E-state index in [1.165, 1.54) is 31.3 Å². The lowest BCUT2D eigenvalue weighted by molar-refractivity contribution is -0.0524. The van der Waals surface area contributed by atoms with Gasteiger partial charge in [0.2, 0.25) is 11.6 Å². The third-order valence-corrected chi connectivity index (χ3v) is 9.12. The maximum absolute atomic E-state index is 5.99. The molecule has 2 aliphatic rings. The number of rotatable bonds is 8. The van der Waals surface area contributed by atoms with E-state index in [2.05, 4.69) is 37.5 Å². The fraction of sp³-hybridized carbons (Fsp3) is 0.630. The average molecular weight is 487 g/mol. The van der Waals surface area contributed by atoms with Crippen molar-refractivity contribution in [2.75, 3.05) is 27.1 Å². The zero-order chi connectivity index (χ0) is 24.5. The smallest absolute Gasteiger partial charge is 0.276 e. The lowest BCUT2D eigenvalue weighted by Gasteiger charge is -2.58. The van der Waals surface area contributed by atoms with Crippen molar-refractivity contribution in [3.05, 3.63) is 24.3 Å². The first-order valence-corrected chi connectivity index (χ1v) is 13.2. The molecule has 6 nitrogen and oxygen atoms in total. The van der Waals surface area contributed by atoms with Gasteiger partial charge in [-0.05, 0) is 66.9 Å². The van der Waals surface area contributed by atoms with Gasteiger partial charge in [-0.3, -0.25) is 0 Å². The predicted octanol–water partition coefficient (Wildman–Crippen LogP) is 7.04. The van der Waals surface area contributed by atoms with Crippen LogP contribution in [0.25, 0.3) is 11.5 Å². The quantitative estimate of drug-likeness (QED) is 0.293. The maximum atomic E-state index is 5.99. The molecule has 0 unspecified atom stereocenters. The van der Waals surface area contributed by atoms with Crippen LogP contribution in [0.5, 0.6) is 17.2 Å². The second-order valence-electron chi connectivity index (χ2n) is 10.6. The Balaban J connectivity index is 1.45. The first-order valence-electron chi connectivity index (χ1n) is 12.2. The number of benzene rings is 1. The molecule has 3 atom stereocenters. The van der Waals surface area contributed by atoms with Crippen LogP contribution in [0.1, 0.15) is 59.3 Å². The van der Waals surface area contributed by atoms with Crippen LogP contribution >= 0.6 is 11.8 Å². The van der Waals surface area contributed by atoms with Crippen LogP contribution in [-0.4, -0.2) is 37.3 Å². The number of fused-ring (bicyclic) bond motifs is 1. The van der Waals surface area contributed by atoms with Gasteiger partial charge in [-0.25, -0.2) is 0 Å². The molecule has 2 aromatic rings. The Morgan fingerprint density at radius 3 is 2.41 bits per heavy atom. The van der Waals surface area contributed by atoms with Gasteiger partial charge in [-0.15, -0.1) is 10.2 Å². The molecule has 2 fully saturated rings. The van der Waals surface area contributed by atoms with Crippen molar-refractivity contribution in [1.82, 2.24) is 10.2 Å². The van der Waals surface area contributed by atoms with Gasteiger partial charge in [0, 0.05) is 11.3 Å². The van der Waals surface area contributed by atoms with E-state index in [0.29, 0.717) is 45.1 Å². The molecule has 2 saturated carbocycles. The van der Waals surface area contributed by atoms with E-state index >= 15 is 0 Å². The summed E-state index contributed by atoms with van der Waals surface area (Å²) in [4.78, 5) is 0. The van der Waals surface area contributed by atoms with Gasteiger partial charge in [0.05, 0.1) is 21.3 Å². The van der Waals surface area contributed by atoms with Crippen molar-refractivity contribution in [3.8, 4) is 28.7 Å². The molecule has 1 heterocycles. The van der Waals surface area contributed by atoms with E-state index < -0.39 is 0 Å². The fourth-order valence-electron chi connectivity index (χ4n) is 6.66. The molecule has 1 aromatic carbocycles. The van der Waals surface area contributed by atoms with E-state index in [9.17, 15) is 0 Å². The summed E-state index contributed by atoms with van der Waals surface area (Å²) in [5.74, 6) is 4.33. The zero-order valence-corrected chi connectivity index (χ0v) is 22.2. The number of hydrogen-bond donors (Lipinski definition) is 0. The maximum Gasteiger partial charge on any atom is 0.276 e. The van der Waals surface area contributed by atoms with Gasteiger partial charge in [0.15, 0.2) is 11.5 Å². The molecule has 0 saturated heterocycles. The van der Waals surface area contributed by atoms with Gasteiger partial charge < -0.3 is 18.6 Å². The summed E-state index contributed by atoms with van der Waals surface area (Å²) < 4.78 is 22.3. The minimum atomic E-state index is 0.341. The van der Waals surface area contributed by atoms with Crippen molar-refractivity contribution in [3.63, 3.8) is 0 Å². The Bertz CT molecular complexity index is 1010. The average Bonchev–Trinajstić information content (AvgIpc) is 3.28. The summed E-state index contributed by atoms with van der Waals surface area (Å²) in [6.45, 7) is 12.0. The summed E-state index contributed by atoms with van der Waals surface area (Å²) in [6, 6.07) is 3.64. The van der Waals surface area contributed by atoms with E-state index in [-0.39, 0.29) is 0 Å². The van der Waals surface area contributed by atoms with Crippen LogP contribution < -0.4 is 14.2 Å². The molecular formula is C27H38N2O4S. The molecule has 0 aliphatic heterocycles. The highest BCUT2D eigenvalue weighted by Gasteiger charge is 2.52. The number of nitrogens with zero attached hydrogens (tertiary/aromatic N) is 2. The van der Waals surface area contributed by atoms with Crippen molar-refractivity contribution in [2.45, 2.75) is 64.5 Å². The van der Waals surface area contributed by atoms with Crippen LogP contribution in [-0.2, 0) is 0 Å². The molecule has 0 N–H and O–H groups in total. The van der Waals surface area contributed by atoms with E-state index in [1.54, 1.807) is 33.1 Å². The minimum absolute atomic E-state index is 0.341. The van der Waals surface area contributed by atoms with Crippen LogP contribution in [0, 0.1) is 22.7 Å².